The summed E-state index contributed by atoms with van der Waals surface area (Å²) < 4.78 is 5.12. The fourth-order valence-electron chi connectivity index (χ4n) is 1.07. The van der Waals surface area contributed by atoms with Crippen LogP contribution in [0.5, 0.6) is 5.75 Å². The van der Waals surface area contributed by atoms with Crippen LogP contribution in [0.2, 0.25) is 0 Å². The first-order chi connectivity index (χ1) is 5.70. The highest BCUT2D eigenvalue weighted by atomic mass is 35.5. The lowest BCUT2D eigenvalue weighted by Crippen LogP contribution is -1.97. The van der Waals surface area contributed by atoms with Crippen molar-refractivity contribution in [3.8, 4) is 5.75 Å². The molecule has 66 valence electrons. The first-order valence-corrected chi connectivity index (χ1v) is 4.29. The number of ether oxygens (including phenoxy) is 1. The van der Waals surface area contributed by atoms with Crippen LogP contribution in [-0.4, -0.2) is 12.1 Å². The molecule has 0 saturated carbocycles. The largest absolute Gasteiger partial charge is 0.495 e. The van der Waals surface area contributed by atoms with Crippen molar-refractivity contribution >= 4 is 11.6 Å². The maximum Gasteiger partial charge on any atom is 0.140 e. The Morgan fingerprint density at radius 2 is 2.08 bits per heavy atom. The standard InChI is InChI=1S/C9H12ClNO/c1-6-7(2)9(12-3)5-11-8(6)4-10/h5H,4H2,1-3H3. The van der Waals surface area contributed by atoms with E-state index in [2.05, 4.69) is 4.98 Å². The minimum absolute atomic E-state index is 0.455. The molecule has 0 N–H and O–H groups in total. The Balaban J connectivity index is 3.20. The molecule has 0 aromatic carbocycles. The third kappa shape index (κ3) is 1.53. The summed E-state index contributed by atoms with van der Waals surface area (Å²) in [6, 6.07) is 0. The summed E-state index contributed by atoms with van der Waals surface area (Å²) in [5.74, 6) is 1.28. The maximum absolute atomic E-state index is 5.70. The SMILES string of the molecule is COc1cnc(CCl)c(C)c1C. The molecule has 0 bridgehead atoms. The van der Waals surface area contributed by atoms with E-state index < -0.39 is 0 Å². The highest BCUT2D eigenvalue weighted by Crippen LogP contribution is 2.22. The molecular formula is C9H12ClNO. The maximum atomic E-state index is 5.70. The average molecular weight is 186 g/mol. The van der Waals surface area contributed by atoms with Crippen LogP contribution in [0.4, 0.5) is 0 Å². The molecule has 0 aliphatic heterocycles. The minimum Gasteiger partial charge on any atom is -0.495 e. The summed E-state index contributed by atoms with van der Waals surface area (Å²) in [5, 5.41) is 0. The Kier molecular flexibility index (Phi) is 2.93. The molecule has 1 aromatic heterocycles. The zero-order valence-corrected chi connectivity index (χ0v) is 8.27. The lowest BCUT2D eigenvalue weighted by atomic mass is 10.1. The number of nitrogens with zero attached hydrogens (tertiary/aromatic N) is 1. The van der Waals surface area contributed by atoms with Crippen molar-refractivity contribution in [2.24, 2.45) is 0 Å². The predicted molar refractivity (Wildman–Crippen MR) is 49.8 cm³/mol. The molecule has 0 saturated heterocycles. The van der Waals surface area contributed by atoms with E-state index in [1.807, 2.05) is 13.8 Å². The molecule has 0 aliphatic rings. The summed E-state index contributed by atoms with van der Waals surface area (Å²) in [7, 11) is 1.64. The van der Waals surface area contributed by atoms with E-state index in [1.54, 1.807) is 13.3 Å². The Morgan fingerprint density at radius 3 is 2.58 bits per heavy atom. The Hall–Kier alpha value is -0.760. The smallest absolute Gasteiger partial charge is 0.140 e. The highest BCUT2D eigenvalue weighted by molar-refractivity contribution is 6.17. The van der Waals surface area contributed by atoms with Crippen LogP contribution in [0.15, 0.2) is 6.20 Å². The Bertz CT molecular complexity index is 257. The third-order valence-corrected chi connectivity index (χ3v) is 2.30. The molecule has 3 heteroatoms. The molecule has 1 heterocycles. The van der Waals surface area contributed by atoms with Crippen molar-refractivity contribution in [1.29, 1.82) is 0 Å². The van der Waals surface area contributed by atoms with Gasteiger partial charge in [-0.2, -0.15) is 0 Å². The van der Waals surface area contributed by atoms with Gasteiger partial charge in [-0.15, -0.1) is 11.6 Å². The monoisotopic (exact) mass is 185 g/mol. The number of aromatic nitrogens is 1. The number of methoxy groups -OCH3 is 1. The van der Waals surface area contributed by atoms with Gasteiger partial charge in [0.05, 0.1) is 24.9 Å². The lowest BCUT2D eigenvalue weighted by molar-refractivity contribution is 0.409. The molecule has 2 nitrogen and oxygen atoms in total. The van der Waals surface area contributed by atoms with E-state index in [9.17, 15) is 0 Å². The quantitative estimate of drug-likeness (QED) is 0.661. The zero-order valence-electron chi connectivity index (χ0n) is 7.52. The van der Waals surface area contributed by atoms with E-state index in [-0.39, 0.29) is 0 Å². The van der Waals surface area contributed by atoms with Gasteiger partial charge in [0, 0.05) is 0 Å². The van der Waals surface area contributed by atoms with Crippen molar-refractivity contribution in [1.82, 2.24) is 4.98 Å². The molecule has 0 radical (unpaired) electrons. The first kappa shape index (κ1) is 9.33. The van der Waals surface area contributed by atoms with Gasteiger partial charge in [0.2, 0.25) is 0 Å². The van der Waals surface area contributed by atoms with Gasteiger partial charge in [-0.1, -0.05) is 0 Å². The second-order valence-electron chi connectivity index (χ2n) is 2.66. The van der Waals surface area contributed by atoms with Gasteiger partial charge in [0.15, 0.2) is 0 Å². The van der Waals surface area contributed by atoms with Gasteiger partial charge in [0.25, 0.3) is 0 Å². The molecule has 0 fully saturated rings. The fraction of sp³-hybridized carbons (Fsp3) is 0.444. The Morgan fingerprint density at radius 1 is 1.42 bits per heavy atom. The van der Waals surface area contributed by atoms with Crippen LogP contribution in [-0.2, 0) is 5.88 Å². The van der Waals surface area contributed by atoms with Crippen molar-refractivity contribution in [2.75, 3.05) is 7.11 Å². The van der Waals surface area contributed by atoms with Gasteiger partial charge in [-0.05, 0) is 25.0 Å². The second-order valence-corrected chi connectivity index (χ2v) is 2.92. The predicted octanol–water partition coefficient (Wildman–Crippen LogP) is 2.45. The van der Waals surface area contributed by atoms with E-state index in [4.69, 9.17) is 16.3 Å². The number of alkyl halides is 1. The van der Waals surface area contributed by atoms with E-state index in [0.29, 0.717) is 5.88 Å². The zero-order chi connectivity index (χ0) is 9.14. The topological polar surface area (TPSA) is 22.1 Å². The normalized spacial score (nSPS) is 10.0. The second kappa shape index (κ2) is 3.76. The van der Waals surface area contributed by atoms with Crippen molar-refractivity contribution < 1.29 is 4.74 Å². The third-order valence-electron chi connectivity index (χ3n) is 2.05. The van der Waals surface area contributed by atoms with Crippen LogP contribution in [0.25, 0.3) is 0 Å². The number of hydrogen-bond acceptors (Lipinski definition) is 2. The van der Waals surface area contributed by atoms with Crippen LogP contribution in [0.3, 0.4) is 0 Å². The molecule has 0 unspecified atom stereocenters. The molecular weight excluding hydrogens is 174 g/mol. The van der Waals surface area contributed by atoms with Crippen molar-refractivity contribution in [3.05, 3.63) is 23.0 Å². The molecule has 1 rings (SSSR count). The molecule has 0 spiro atoms. The van der Waals surface area contributed by atoms with Gasteiger partial charge in [-0.25, -0.2) is 0 Å². The van der Waals surface area contributed by atoms with Crippen LogP contribution < -0.4 is 4.74 Å². The van der Waals surface area contributed by atoms with E-state index in [1.165, 1.54) is 0 Å². The van der Waals surface area contributed by atoms with Gasteiger partial charge >= 0.3 is 0 Å². The highest BCUT2D eigenvalue weighted by Gasteiger charge is 2.06. The van der Waals surface area contributed by atoms with E-state index >= 15 is 0 Å². The van der Waals surface area contributed by atoms with E-state index in [0.717, 1.165) is 22.6 Å². The van der Waals surface area contributed by atoms with Crippen molar-refractivity contribution in [3.63, 3.8) is 0 Å². The van der Waals surface area contributed by atoms with Crippen molar-refractivity contribution in [2.45, 2.75) is 19.7 Å². The fourth-order valence-corrected chi connectivity index (χ4v) is 1.34. The number of halogens is 1. The summed E-state index contributed by atoms with van der Waals surface area (Å²) in [6.45, 7) is 4.01. The molecule has 1 aromatic rings. The number of rotatable bonds is 2. The average Bonchev–Trinajstić information content (AvgIpc) is 2.10. The summed E-state index contributed by atoms with van der Waals surface area (Å²) >= 11 is 5.70. The molecule has 0 amide bonds. The van der Waals surface area contributed by atoms with Crippen LogP contribution in [0.1, 0.15) is 16.8 Å². The number of pyridine rings is 1. The van der Waals surface area contributed by atoms with Crippen LogP contribution in [0, 0.1) is 13.8 Å². The summed E-state index contributed by atoms with van der Waals surface area (Å²) in [6.07, 6.45) is 1.71. The summed E-state index contributed by atoms with van der Waals surface area (Å²) in [5.41, 5.74) is 3.16. The summed E-state index contributed by atoms with van der Waals surface area (Å²) in [4.78, 5) is 4.17. The molecule has 0 atom stereocenters. The lowest BCUT2D eigenvalue weighted by Gasteiger charge is -2.09. The first-order valence-electron chi connectivity index (χ1n) is 3.75. The van der Waals surface area contributed by atoms with Gasteiger partial charge in [-0.3, -0.25) is 4.98 Å². The van der Waals surface area contributed by atoms with Gasteiger partial charge < -0.3 is 4.74 Å². The molecule has 12 heavy (non-hydrogen) atoms. The number of hydrogen-bond donors (Lipinski definition) is 0. The Labute approximate surface area is 77.5 Å². The minimum atomic E-state index is 0.455. The molecule has 0 aliphatic carbocycles. The van der Waals surface area contributed by atoms with Gasteiger partial charge in [0.1, 0.15) is 5.75 Å². The van der Waals surface area contributed by atoms with Crippen LogP contribution >= 0.6 is 11.6 Å².